The minimum Gasteiger partial charge on any atom is -0.480 e. The molecule has 2 fully saturated rings. The van der Waals surface area contributed by atoms with E-state index in [4.69, 9.17) is 0 Å². The first-order chi connectivity index (χ1) is 8.60. The van der Waals surface area contributed by atoms with Crippen LogP contribution in [0.25, 0.3) is 0 Å². The summed E-state index contributed by atoms with van der Waals surface area (Å²) in [6.45, 7) is 3.43. The van der Waals surface area contributed by atoms with Crippen LogP contribution >= 0.6 is 0 Å². The number of carbonyl (C=O) groups is 2. The Morgan fingerprint density at radius 1 is 1.39 bits per heavy atom. The van der Waals surface area contributed by atoms with Crippen molar-refractivity contribution in [3.63, 3.8) is 0 Å². The molecule has 18 heavy (non-hydrogen) atoms. The number of rotatable bonds is 3. The van der Waals surface area contributed by atoms with E-state index in [9.17, 15) is 14.7 Å². The lowest BCUT2D eigenvalue weighted by Crippen LogP contribution is -2.59. The van der Waals surface area contributed by atoms with E-state index in [0.717, 1.165) is 38.6 Å². The summed E-state index contributed by atoms with van der Waals surface area (Å²) in [7, 11) is 0. The van der Waals surface area contributed by atoms with Gasteiger partial charge in [0.1, 0.15) is 6.04 Å². The second-order valence-corrected chi connectivity index (χ2v) is 5.31. The van der Waals surface area contributed by atoms with E-state index in [1.165, 1.54) is 0 Å². The molecule has 0 aromatic heterocycles. The Kier molecular flexibility index (Phi) is 3.90. The van der Waals surface area contributed by atoms with E-state index in [2.05, 4.69) is 5.32 Å². The van der Waals surface area contributed by atoms with Gasteiger partial charge in [0, 0.05) is 6.54 Å². The zero-order valence-corrected chi connectivity index (χ0v) is 10.9. The molecule has 2 aliphatic heterocycles. The van der Waals surface area contributed by atoms with Crippen molar-refractivity contribution in [2.45, 2.75) is 57.0 Å². The zero-order valence-electron chi connectivity index (χ0n) is 10.9. The van der Waals surface area contributed by atoms with Crippen LogP contribution in [0.1, 0.15) is 45.4 Å². The lowest BCUT2D eigenvalue weighted by Gasteiger charge is -2.39. The molecule has 1 unspecified atom stereocenters. The summed E-state index contributed by atoms with van der Waals surface area (Å²) in [6.07, 6.45) is 4.94. The molecule has 2 N–H and O–H groups in total. The van der Waals surface area contributed by atoms with E-state index in [0.29, 0.717) is 13.0 Å². The van der Waals surface area contributed by atoms with Gasteiger partial charge in [-0.3, -0.25) is 4.79 Å². The van der Waals surface area contributed by atoms with Gasteiger partial charge in [0.15, 0.2) is 0 Å². The van der Waals surface area contributed by atoms with Gasteiger partial charge in [-0.15, -0.1) is 0 Å². The predicted molar refractivity (Wildman–Crippen MR) is 67.2 cm³/mol. The summed E-state index contributed by atoms with van der Waals surface area (Å²) >= 11 is 0. The molecule has 2 atom stereocenters. The predicted octanol–water partition coefficient (Wildman–Crippen LogP) is 0.984. The van der Waals surface area contributed by atoms with Gasteiger partial charge in [-0.05, 0) is 45.1 Å². The molecule has 0 radical (unpaired) electrons. The quantitative estimate of drug-likeness (QED) is 0.788. The molecule has 0 aromatic rings. The highest BCUT2D eigenvalue weighted by atomic mass is 16.4. The third kappa shape index (κ3) is 2.23. The highest BCUT2D eigenvalue weighted by Crippen LogP contribution is 2.29. The fraction of sp³-hybridized carbons (Fsp3) is 0.846. The molecule has 0 aliphatic carbocycles. The monoisotopic (exact) mass is 254 g/mol. The first-order valence-electron chi connectivity index (χ1n) is 6.89. The second-order valence-electron chi connectivity index (χ2n) is 5.31. The van der Waals surface area contributed by atoms with E-state index < -0.39 is 17.6 Å². The summed E-state index contributed by atoms with van der Waals surface area (Å²) < 4.78 is 0. The molecule has 1 amide bonds. The molecule has 0 saturated carbocycles. The Labute approximate surface area is 108 Å². The van der Waals surface area contributed by atoms with Crippen LogP contribution in [0.15, 0.2) is 0 Å². The van der Waals surface area contributed by atoms with Crippen molar-refractivity contribution in [1.82, 2.24) is 10.2 Å². The van der Waals surface area contributed by atoms with Crippen LogP contribution in [0.5, 0.6) is 0 Å². The molecule has 102 valence electrons. The smallest absolute Gasteiger partial charge is 0.326 e. The average Bonchev–Trinajstić information content (AvgIpc) is 2.87. The SMILES string of the molecule is CCC1(C(=O)N2CCCC[C@@H]2C(=O)O)CCCN1. The minimum atomic E-state index is -0.868. The highest BCUT2D eigenvalue weighted by molar-refractivity contribution is 5.90. The Morgan fingerprint density at radius 2 is 2.17 bits per heavy atom. The summed E-state index contributed by atoms with van der Waals surface area (Å²) in [5, 5.41) is 12.5. The largest absolute Gasteiger partial charge is 0.480 e. The number of hydrogen-bond acceptors (Lipinski definition) is 3. The van der Waals surface area contributed by atoms with Gasteiger partial charge >= 0.3 is 5.97 Å². The Hall–Kier alpha value is -1.10. The number of carboxylic acid groups (broad SMARTS) is 1. The Balaban J connectivity index is 2.17. The van der Waals surface area contributed by atoms with Crippen LogP contribution in [0.3, 0.4) is 0 Å². The number of piperidine rings is 1. The first-order valence-corrected chi connectivity index (χ1v) is 6.89. The number of amides is 1. The number of nitrogens with one attached hydrogen (secondary N) is 1. The molecule has 2 aliphatic rings. The molecule has 2 heterocycles. The van der Waals surface area contributed by atoms with Gasteiger partial charge in [0.05, 0.1) is 5.54 Å². The normalized spacial score (nSPS) is 32.5. The minimum absolute atomic E-state index is 0.00500. The number of hydrogen-bond donors (Lipinski definition) is 2. The topological polar surface area (TPSA) is 69.6 Å². The van der Waals surface area contributed by atoms with E-state index in [1.54, 1.807) is 4.90 Å². The van der Waals surface area contributed by atoms with Crippen LogP contribution in [-0.4, -0.2) is 46.6 Å². The van der Waals surface area contributed by atoms with Crippen molar-refractivity contribution < 1.29 is 14.7 Å². The molecular formula is C13H22N2O3. The van der Waals surface area contributed by atoms with Crippen LogP contribution in [0.2, 0.25) is 0 Å². The zero-order chi connectivity index (χ0) is 13.2. The number of aliphatic carboxylic acids is 1. The summed E-state index contributed by atoms with van der Waals surface area (Å²) in [6, 6.07) is -0.628. The van der Waals surface area contributed by atoms with Gasteiger partial charge in [0.25, 0.3) is 0 Å². The molecule has 5 nitrogen and oxygen atoms in total. The van der Waals surface area contributed by atoms with Crippen molar-refractivity contribution >= 4 is 11.9 Å². The van der Waals surface area contributed by atoms with Gasteiger partial charge in [-0.25, -0.2) is 4.79 Å². The Morgan fingerprint density at radius 3 is 2.72 bits per heavy atom. The maximum Gasteiger partial charge on any atom is 0.326 e. The van der Waals surface area contributed by atoms with Crippen LogP contribution in [0, 0.1) is 0 Å². The second kappa shape index (κ2) is 5.26. The number of likely N-dealkylation sites (tertiary alicyclic amines) is 1. The molecule has 0 spiro atoms. The third-order valence-electron chi connectivity index (χ3n) is 4.31. The summed E-state index contributed by atoms with van der Waals surface area (Å²) in [5.41, 5.74) is -0.509. The van der Waals surface area contributed by atoms with E-state index in [1.807, 2.05) is 6.92 Å². The first kappa shape index (κ1) is 13.3. The molecule has 2 saturated heterocycles. The van der Waals surface area contributed by atoms with E-state index in [-0.39, 0.29) is 5.91 Å². The summed E-state index contributed by atoms with van der Waals surface area (Å²) in [4.78, 5) is 25.5. The third-order valence-corrected chi connectivity index (χ3v) is 4.31. The molecule has 0 bridgehead atoms. The average molecular weight is 254 g/mol. The van der Waals surface area contributed by atoms with Crippen molar-refractivity contribution in [2.24, 2.45) is 0 Å². The van der Waals surface area contributed by atoms with Crippen molar-refractivity contribution in [3.05, 3.63) is 0 Å². The maximum absolute atomic E-state index is 12.7. The number of carbonyl (C=O) groups excluding carboxylic acids is 1. The van der Waals surface area contributed by atoms with Crippen LogP contribution < -0.4 is 5.32 Å². The number of carboxylic acids is 1. The Bertz CT molecular complexity index is 337. The van der Waals surface area contributed by atoms with E-state index >= 15 is 0 Å². The molecular weight excluding hydrogens is 232 g/mol. The lowest BCUT2D eigenvalue weighted by molar-refractivity contribution is -0.155. The molecule has 5 heteroatoms. The van der Waals surface area contributed by atoms with Gasteiger partial charge in [-0.1, -0.05) is 6.92 Å². The molecule has 0 aromatic carbocycles. The fourth-order valence-corrected chi connectivity index (χ4v) is 3.15. The van der Waals surface area contributed by atoms with Gasteiger partial charge in [0.2, 0.25) is 5.91 Å². The van der Waals surface area contributed by atoms with Crippen LogP contribution in [0.4, 0.5) is 0 Å². The fourth-order valence-electron chi connectivity index (χ4n) is 3.15. The lowest BCUT2D eigenvalue weighted by atomic mass is 9.90. The summed E-state index contributed by atoms with van der Waals surface area (Å²) in [5.74, 6) is -0.873. The standard InChI is InChI=1S/C13H22N2O3/c1-2-13(7-5-8-14-13)12(18)15-9-4-3-6-10(15)11(16)17/h10,14H,2-9H2,1H3,(H,16,17)/t10-,13?/m1/s1. The van der Waals surface area contributed by atoms with Gasteiger partial charge in [-0.2, -0.15) is 0 Å². The van der Waals surface area contributed by atoms with Crippen molar-refractivity contribution in [1.29, 1.82) is 0 Å². The van der Waals surface area contributed by atoms with Gasteiger partial charge < -0.3 is 15.3 Å². The van der Waals surface area contributed by atoms with Crippen LogP contribution in [-0.2, 0) is 9.59 Å². The highest BCUT2D eigenvalue weighted by Gasteiger charge is 2.45. The molecule has 2 rings (SSSR count). The number of nitrogens with zero attached hydrogens (tertiary/aromatic N) is 1. The maximum atomic E-state index is 12.7. The van der Waals surface area contributed by atoms with Crippen molar-refractivity contribution in [2.75, 3.05) is 13.1 Å². The van der Waals surface area contributed by atoms with Crippen molar-refractivity contribution in [3.8, 4) is 0 Å².